The zero-order valence-corrected chi connectivity index (χ0v) is 9.88. The minimum atomic E-state index is 0.0552. The Labute approximate surface area is 92.4 Å². The summed E-state index contributed by atoms with van der Waals surface area (Å²) in [5.74, 6) is 0.470. The van der Waals surface area contributed by atoms with Crippen LogP contribution in [0.4, 0.5) is 0 Å². The molecule has 0 aromatic rings. The van der Waals surface area contributed by atoms with Crippen LogP contribution in [0.5, 0.6) is 0 Å². The van der Waals surface area contributed by atoms with Gasteiger partial charge in [-0.3, -0.25) is 4.79 Å². The summed E-state index contributed by atoms with van der Waals surface area (Å²) in [6, 6.07) is 0. The van der Waals surface area contributed by atoms with E-state index in [1.165, 1.54) is 0 Å². The highest BCUT2D eigenvalue weighted by Gasteiger charge is 2.03. The number of rotatable bonds is 9. The highest BCUT2D eigenvalue weighted by molar-refractivity contribution is 5.77. The Morgan fingerprint density at radius 1 is 1.47 bits per heavy atom. The zero-order chi connectivity index (χ0) is 11.5. The summed E-state index contributed by atoms with van der Waals surface area (Å²) in [4.78, 5) is 11.2. The van der Waals surface area contributed by atoms with E-state index in [-0.39, 0.29) is 12.5 Å². The lowest BCUT2D eigenvalue weighted by Crippen LogP contribution is -2.36. The van der Waals surface area contributed by atoms with Crippen molar-refractivity contribution in [3.63, 3.8) is 0 Å². The van der Waals surface area contributed by atoms with Crippen LogP contribution < -0.4 is 10.6 Å². The predicted octanol–water partition coefficient (Wildman–Crippen LogP) is 0.511. The average Bonchev–Trinajstić information content (AvgIpc) is 2.18. The third-order valence-corrected chi connectivity index (χ3v) is 2.25. The Kier molecular flexibility index (Phi) is 9.52. The second kappa shape index (κ2) is 9.93. The molecule has 1 atom stereocenters. The van der Waals surface area contributed by atoms with E-state index in [2.05, 4.69) is 24.5 Å². The summed E-state index contributed by atoms with van der Waals surface area (Å²) in [6.07, 6.45) is 2.92. The number of carbonyl (C=O) groups excluding carboxylic acids is 1. The summed E-state index contributed by atoms with van der Waals surface area (Å²) in [5.41, 5.74) is 0. The smallest absolute Gasteiger partial charge is 0.233 e. The van der Waals surface area contributed by atoms with Gasteiger partial charge < -0.3 is 15.7 Å². The zero-order valence-electron chi connectivity index (χ0n) is 9.88. The highest BCUT2D eigenvalue weighted by atomic mass is 16.3. The molecule has 0 aliphatic heterocycles. The van der Waals surface area contributed by atoms with Crippen molar-refractivity contribution in [2.24, 2.45) is 5.92 Å². The summed E-state index contributed by atoms with van der Waals surface area (Å²) < 4.78 is 0. The number of unbranched alkanes of at least 4 members (excludes halogenated alkanes) is 1. The maximum Gasteiger partial charge on any atom is 0.233 e. The molecule has 1 amide bonds. The Balaban J connectivity index is 3.30. The number of carbonyl (C=O) groups is 1. The van der Waals surface area contributed by atoms with Crippen molar-refractivity contribution in [2.45, 2.75) is 33.1 Å². The van der Waals surface area contributed by atoms with Gasteiger partial charge in [0.15, 0.2) is 0 Å². The molecule has 0 aromatic carbocycles. The maximum atomic E-state index is 11.2. The first-order valence-corrected chi connectivity index (χ1v) is 5.79. The molecule has 0 heterocycles. The fourth-order valence-corrected chi connectivity index (χ4v) is 1.22. The Hall–Kier alpha value is -0.610. The van der Waals surface area contributed by atoms with Crippen LogP contribution >= 0.6 is 0 Å². The topological polar surface area (TPSA) is 61.4 Å². The molecule has 3 N–H and O–H groups in total. The van der Waals surface area contributed by atoms with Gasteiger partial charge in [-0.2, -0.15) is 0 Å². The number of hydrogen-bond donors (Lipinski definition) is 3. The van der Waals surface area contributed by atoms with E-state index in [1.54, 1.807) is 0 Å². The van der Waals surface area contributed by atoms with Crippen LogP contribution in [0.2, 0.25) is 0 Å². The van der Waals surface area contributed by atoms with E-state index in [4.69, 9.17) is 5.11 Å². The third-order valence-electron chi connectivity index (χ3n) is 2.25. The van der Waals surface area contributed by atoms with E-state index in [0.29, 0.717) is 12.5 Å². The minimum absolute atomic E-state index is 0.0552. The van der Waals surface area contributed by atoms with Crippen LogP contribution in [-0.4, -0.2) is 37.3 Å². The second-order valence-corrected chi connectivity index (χ2v) is 3.95. The van der Waals surface area contributed by atoms with Crippen molar-refractivity contribution in [3.05, 3.63) is 0 Å². The van der Waals surface area contributed by atoms with Crippen molar-refractivity contribution < 1.29 is 9.90 Å². The summed E-state index contributed by atoms with van der Waals surface area (Å²) in [5, 5.41) is 14.6. The van der Waals surface area contributed by atoms with Gasteiger partial charge in [0.1, 0.15) is 0 Å². The van der Waals surface area contributed by atoms with Gasteiger partial charge >= 0.3 is 0 Å². The normalized spacial score (nSPS) is 12.5. The Morgan fingerprint density at radius 2 is 2.20 bits per heavy atom. The summed E-state index contributed by atoms with van der Waals surface area (Å²) in [6.45, 7) is 6.29. The van der Waals surface area contributed by atoms with E-state index in [9.17, 15) is 4.79 Å². The Morgan fingerprint density at radius 3 is 2.80 bits per heavy atom. The molecular formula is C11H24N2O2. The molecule has 0 radical (unpaired) electrons. The molecule has 0 fully saturated rings. The quantitative estimate of drug-likeness (QED) is 0.492. The monoisotopic (exact) mass is 216 g/mol. The molecule has 15 heavy (non-hydrogen) atoms. The molecule has 0 spiro atoms. The molecule has 0 aromatic heterocycles. The molecule has 4 heteroatoms. The second-order valence-electron chi connectivity index (χ2n) is 3.95. The van der Waals surface area contributed by atoms with Crippen LogP contribution in [0.3, 0.4) is 0 Å². The molecule has 90 valence electrons. The third kappa shape index (κ3) is 9.69. The van der Waals surface area contributed by atoms with Gasteiger partial charge in [0, 0.05) is 13.2 Å². The molecule has 0 aliphatic rings. The fraction of sp³-hybridized carbons (Fsp3) is 0.909. The van der Waals surface area contributed by atoms with Crippen molar-refractivity contribution in [1.29, 1.82) is 0 Å². The van der Waals surface area contributed by atoms with Crippen molar-refractivity contribution in [3.8, 4) is 0 Å². The minimum Gasteiger partial charge on any atom is -0.396 e. The van der Waals surface area contributed by atoms with E-state index < -0.39 is 0 Å². The fourth-order valence-electron chi connectivity index (χ4n) is 1.22. The van der Waals surface area contributed by atoms with E-state index in [0.717, 1.165) is 32.4 Å². The van der Waals surface area contributed by atoms with Gasteiger partial charge in [-0.15, -0.1) is 0 Å². The first-order valence-electron chi connectivity index (χ1n) is 5.79. The number of aliphatic hydroxyl groups excluding tert-OH is 1. The lowest BCUT2D eigenvalue weighted by atomic mass is 10.1. The van der Waals surface area contributed by atoms with Crippen molar-refractivity contribution >= 4 is 5.91 Å². The van der Waals surface area contributed by atoms with Gasteiger partial charge in [0.05, 0.1) is 6.54 Å². The van der Waals surface area contributed by atoms with Gasteiger partial charge in [-0.05, 0) is 25.3 Å². The standard InChI is InChI=1S/C11H24N2O2/c1-3-4-6-13-11(15)9-12-8-10(2)5-7-14/h10,12,14H,3-9H2,1-2H3,(H,13,15). The number of hydrogen-bond acceptors (Lipinski definition) is 3. The number of nitrogens with one attached hydrogen (secondary N) is 2. The lowest BCUT2D eigenvalue weighted by molar-refractivity contribution is -0.120. The van der Waals surface area contributed by atoms with E-state index >= 15 is 0 Å². The van der Waals surface area contributed by atoms with Gasteiger partial charge in [0.2, 0.25) is 5.91 Å². The van der Waals surface area contributed by atoms with Crippen LogP contribution in [-0.2, 0) is 4.79 Å². The molecular weight excluding hydrogens is 192 g/mol. The first-order chi connectivity index (χ1) is 7.20. The number of amides is 1. The molecule has 4 nitrogen and oxygen atoms in total. The van der Waals surface area contributed by atoms with E-state index in [1.807, 2.05) is 0 Å². The van der Waals surface area contributed by atoms with Crippen LogP contribution in [0.25, 0.3) is 0 Å². The van der Waals surface area contributed by atoms with Gasteiger partial charge in [-0.25, -0.2) is 0 Å². The predicted molar refractivity (Wildman–Crippen MR) is 61.7 cm³/mol. The van der Waals surface area contributed by atoms with Gasteiger partial charge in [-0.1, -0.05) is 20.3 Å². The highest BCUT2D eigenvalue weighted by Crippen LogP contribution is 1.97. The van der Waals surface area contributed by atoms with Crippen molar-refractivity contribution in [2.75, 3.05) is 26.2 Å². The van der Waals surface area contributed by atoms with Crippen LogP contribution in [0.1, 0.15) is 33.1 Å². The SMILES string of the molecule is CCCCNC(=O)CNCC(C)CCO. The molecule has 0 saturated carbocycles. The largest absolute Gasteiger partial charge is 0.396 e. The molecule has 0 saturated heterocycles. The Bertz CT molecular complexity index is 163. The van der Waals surface area contributed by atoms with Gasteiger partial charge in [0.25, 0.3) is 0 Å². The maximum absolute atomic E-state index is 11.2. The first kappa shape index (κ1) is 14.4. The van der Waals surface area contributed by atoms with Crippen molar-refractivity contribution in [1.82, 2.24) is 10.6 Å². The molecule has 0 aliphatic carbocycles. The summed E-state index contributed by atoms with van der Waals surface area (Å²) >= 11 is 0. The van der Waals surface area contributed by atoms with Crippen LogP contribution in [0, 0.1) is 5.92 Å². The lowest BCUT2D eigenvalue weighted by Gasteiger charge is -2.10. The molecule has 0 rings (SSSR count). The van der Waals surface area contributed by atoms with Crippen LogP contribution in [0.15, 0.2) is 0 Å². The number of aliphatic hydroxyl groups is 1. The molecule has 1 unspecified atom stereocenters. The average molecular weight is 216 g/mol. The summed E-state index contributed by atoms with van der Waals surface area (Å²) in [7, 11) is 0. The molecule has 0 bridgehead atoms.